The van der Waals surface area contributed by atoms with Crippen LogP contribution in [0.15, 0.2) is 277 Å². The van der Waals surface area contributed by atoms with E-state index in [9.17, 15) is 0 Å². The number of benzene rings is 9. The van der Waals surface area contributed by atoms with Crippen LogP contribution in [0.5, 0.6) is 0 Å². The summed E-state index contributed by atoms with van der Waals surface area (Å²) in [4.78, 5) is 8.56. The molecule has 60 heavy (non-hydrogen) atoms. The summed E-state index contributed by atoms with van der Waals surface area (Å²) in [5.74, 6) is 0. The topological polar surface area (TPSA) is 29.4 Å². The van der Waals surface area contributed by atoms with Gasteiger partial charge in [0.2, 0.25) is 0 Å². The van der Waals surface area contributed by atoms with Crippen LogP contribution >= 0.6 is 23.8 Å². The molecule has 0 aromatic heterocycles. The fourth-order valence-electron chi connectivity index (χ4n) is 6.54. The third-order valence-corrected chi connectivity index (χ3v) is 16.5. The molecule has 0 saturated carbocycles. The third-order valence-electron chi connectivity index (χ3n) is 9.13. The predicted octanol–water partition coefficient (Wildman–Crippen LogP) is 10.5. The van der Waals surface area contributed by atoms with Crippen molar-refractivity contribution in [2.75, 3.05) is 0 Å². The van der Waals surface area contributed by atoms with Gasteiger partial charge >= 0.3 is 27.9 Å². The summed E-state index contributed by atoms with van der Waals surface area (Å²) in [6.45, 7) is 0. The van der Waals surface area contributed by atoms with Crippen molar-refractivity contribution in [2.24, 2.45) is 3.85 Å². The van der Waals surface area contributed by atoms with Crippen LogP contribution < -0.4 is 47.7 Å². The molecule has 0 aliphatic rings. The van der Waals surface area contributed by atoms with Crippen molar-refractivity contribution in [3.8, 4) is 0 Å². The Kier molecular flexibility index (Phi) is 18.5. The van der Waals surface area contributed by atoms with Gasteiger partial charge in [-0.05, 0) is 71.5 Å². The Balaban J connectivity index is 0.000000146. The molecule has 0 radical (unpaired) electrons. The summed E-state index contributed by atoms with van der Waals surface area (Å²) in [5, 5.41) is 12.6. The monoisotopic (exact) mass is 1010 g/mol. The predicted molar refractivity (Wildman–Crippen MR) is 261 cm³/mol. The van der Waals surface area contributed by atoms with Gasteiger partial charge < -0.3 is 0 Å². The molecule has 2 nitrogen and oxygen atoms in total. The van der Waals surface area contributed by atoms with E-state index in [2.05, 4.69) is 277 Å². The van der Waals surface area contributed by atoms with E-state index in [1.165, 1.54) is 66.9 Å². The van der Waals surface area contributed by atoms with E-state index in [1.54, 1.807) is 0 Å². The van der Waals surface area contributed by atoms with Gasteiger partial charge in [0.25, 0.3) is 0 Å². The van der Waals surface area contributed by atoms with Crippen molar-refractivity contribution in [1.82, 2.24) is 0 Å². The van der Waals surface area contributed by atoms with Crippen LogP contribution in [0.1, 0.15) is 0 Å². The van der Waals surface area contributed by atoms with Crippen molar-refractivity contribution in [2.45, 2.75) is 0 Å². The molecule has 0 unspecified atom stereocenters. The first-order valence-electron chi connectivity index (χ1n) is 19.5. The molecule has 0 bridgehead atoms. The van der Waals surface area contributed by atoms with E-state index in [0.29, 0.717) is 0 Å². The van der Waals surface area contributed by atoms with Gasteiger partial charge in [0.1, 0.15) is 0 Å². The van der Waals surface area contributed by atoms with Crippen molar-refractivity contribution in [3.63, 3.8) is 0 Å². The van der Waals surface area contributed by atoms with Gasteiger partial charge in [-0.25, -0.2) is 0 Å². The van der Waals surface area contributed by atoms with E-state index in [1.807, 2.05) is 0 Å². The SMILES string of the molecule is O=[N][Ir].c1ccc(P(c2ccccc2)c2ccccc2)cc1.c1ccc(P(c2ccccc2)c2ccccc2)cc1.c1ccc(P(c2ccccc2)c2ccccc2)cc1. The molecule has 0 heterocycles. The van der Waals surface area contributed by atoms with Crippen LogP contribution in [0, 0.1) is 4.91 Å². The first-order valence-corrected chi connectivity index (χ1v) is 24.6. The number of hydrogen-bond acceptors (Lipinski definition) is 2. The van der Waals surface area contributed by atoms with E-state index in [0.717, 1.165) is 0 Å². The molecule has 0 aliphatic carbocycles. The van der Waals surface area contributed by atoms with E-state index >= 15 is 0 Å². The second-order valence-electron chi connectivity index (χ2n) is 13.1. The Morgan fingerprint density at radius 2 is 0.300 bits per heavy atom. The van der Waals surface area contributed by atoms with Crippen LogP contribution in [-0.4, -0.2) is 0 Å². The molecule has 0 aliphatic heterocycles. The number of hydrogen-bond donors (Lipinski definition) is 0. The molecule has 9 aromatic rings. The zero-order chi connectivity index (χ0) is 41.5. The van der Waals surface area contributed by atoms with Crippen LogP contribution in [0.4, 0.5) is 0 Å². The maximum absolute atomic E-state index is 8.56. The first-order chi connectivity index (χ1) is 29.8. The minimum absolute atomic E-state index is 0.446. The van der Waals surface area contributed by atoms with Gasteiger partial charge in [-0.2, -0.15) is 0 Å². The molecule has 0 atom stereocenters. The Labute approximate surface area is 370 Å². The van der Waals surface area contributed by atoms with Crippen molar-refractivity contribution in [1.29, 1.82) is 0 Å². The van der Waals surface area contributed by atoms with E-state index in [-0.39, 0.29) is 0 Å². The fourth-order valence-corrected chi connectivity index (χ4v) is 13.5. The summed E-state index contributed by atoms with van der Waals surface area (Å²) in [6, 6.07) is 97.0. The molecule has 0 amide bonds. The van der Waals surface area contributed by atoms with Gasteiger partial charge in [-0.3, -0.25) is 0 Å². The van der Waals surface area contributed by atoms with Crippen molar-refractivity contribution >= 4 is 71.5 Å². The zero-order valence-electron chi connectivity index (χ0n) is 33.0. The molecule has 296 valence electrons. The molecule has 6 heteroatoms. The average Bonchev–Trinajstić information content (AvgIpc) is 3.33. The van der Waals surface area contributed by atoms with Crippen molar-refractivity contribution < 1.29 is 19.1 Å². The van der Waals surface area contributed by atoms with Gasteiger partial charge in [0, 0.05) is 0 Å². The van der Waals surface area contributed by atoms with Gasteiger partial charge in [-0.1, -0.05) is 273 Å². The Hall–Kier alpha value is -5.48. The van der Waals surface area contributed by atoms with E-state index < -0.39 is 23.8 Å². The fraction of sp³-hybridized carbons (Fsp3) is 0. The Bertz CT molecular complexity index is 1930. The smallest absolute Gasteiger partial charge is 0.0134 e. The minimum Gasteiger partial charge on any atom is -0.0622 e. The second kappa shape index (κ2) is 25.2. The van der Waals surface area contributed by atoms with Crippen molar-refractivity contribution in [3.05, 3.63) is 278 Å². The summed E-state index contributed by atoms with van der Waals surface area (Å²) < 4.78 is 2.25. The maximum Gasteiger partial charge on any atom is -0.0134 e. The van der Waals surface area contributed by atoms with Gasteiger partial charge in [-0.15, -0.1) is 0 Å². The first kappa shape index (κ1) is 44.1. The molecule has 0 spiro atoms. The maximum atomic E-state index is 8.56. The number of nitroso groups, excluding NO2 is 1. The zero-order valence-corrected chi connectivity index (χ0v) is 38.1. The second-order valence-corrected chi connectivity index (χ2v) is 20.2. The number of nitrogens with zero attached hydrogens (tertiary/aromatic N) is 1. The largest absolute Gasteiger partial charge is 0.0622 e. The van der Waals surface area contributed by atoms with Gasteiger partial charge in [0.05, 0.1) is 0 Å². The van der Waals surface area contributed by atoms with E-state index in [4.69, 9.17) is 4.91 Å². The Morgan fingerprint density at radius 1 is 0.217 bits per heavy atom. The van der Waals surface area contributed by atoms with Crippen LogP contribution in [0.2, 0.25) is 0 Å². The standard InChI is InChI=1S/3C18H15P.Ir.NO/c3*1-4-10-16(11-5-1)19(17-12-6-2-7-13-17)18-14-8-3-9-15-18;;1-2/h3*1-15H;;/q;;;+1;-1. The molecular weight excluding hydrogens is 964 g/mol. The molecule has 9 rings (SSSR count). The normalized spacial score (nSPS) is 10.3. The summed E-state index contributed by atoms with van der Waals surface area (Å²) in [6.07, 6.45) is 0. The molecule has 0 saturated heterocycles. The molecule has 0 N–H and O–H groups in total. The molecule has 9 aromatic carbocycles. The summed E-state index contributed by atoms with van der Waals surface area (Å²) in [7, 11) is -1.34. The number of rotatable bonds is 9. The van der Waals surface area contributed by atoms with Gasteiger partial charge in [0.15, 0.2) is 0 Å². The molecular formula is C54H45IrNOP3. The summed E-state index contributed by atoms with van der Waals surface area (Å²) in [5.41, 5.74) is 0. The quantitative estimate of drug-likeness (QED) is 0.105. The van der Waals surface area contributed by atoms with Crippen LogP contribution in [-0.2, 0) is 19.1 Å². The Morgan fingerprint density at radius 3 is 0.383 bits per heavy atom. The van der Waals surface area contributed by atoms with Crippen LogP contribution in [0.25, 0.3) is 0 Å². The minimum atomic E-state index is -0.446. The molecule has 0 fully saturated rings. The average molecular weight is 1010 g/mol. The van der Waals surface area contributed by atoms with Crippen LogP contribution in [0.3, 0.4) is 0 Å². The third kappa shape index (κ3) is 13.3. The summed E-state index contributed by atoms with van der Waals surface area (Å²) >= 11 is 1.19.